The number of carbonyl (C=O) groups excluding carboxylic acids is 2. The lowest BCUT2D eigenvalue weighted by Gasteiger charge is -2.33. The topological polar surface area (TPSA) is 75.1 Å². The van der Waals surface area contributed by atoms with Crippen LogP contribution in [-0.2, 0) is 13.1 Å². The minimum atomic E-state index is -0.122. The molecule has 3 aromatic heterocycles. The SMILES string of the molecule is CCCN(Cc1cccn1Cc1ccc(C(=O)N2CCN(CC)CC2)o1)C(=O)c1ccco1. The van der Waals surface area contributed by atoms with E-state index in [-0.39, 0.29) is 11.8 Å². The number of hydrogen-bond acceptors (Lipinski definition) is 5. The third-order valence-corrected chi connectivity index (χ3v) is 6.09. The molecule has 1 saturated heterocycles. The Balaban J connectivity index is 1.41. The average Bonchev–Trinajstić information content (AvgIpc) is 3.61. The number of piperazine rings is 1. The van der Waals surface area contributed by atoms with Gasteiger partial charge in [-0.2, -0.15) is 0 Å². The van der Waals surface area contributed by atoms with Crippen LogP contribution in [0.15, 0.2) is 57.7 Å². The average molecular weight is 453 g/mol. The molecular weight excluding hydrogens is 420 g/mol. The summed E-state index contributed by atoms with van der Waals surface area (Å²) in [7, 11) is 0. The molecule has 0 bridgehead atoms. The maximum absolute atomic E-state index is 12.8. The van der Waals surface area contributed by atoms with E-state index in [2.05, 4.69) is 11.8 Å². The Bertz CT molecular complexity index is 1040. The number of hydrogen-bond donors (Lipinski definition) is 0. The lowest BCUT2D eigenvalue weighted by Crippen LogP contribution is -2.48. The first-order valence-electron chi connectivity index (χ1n) is 11.7. The van der Waals surface area contributed by atoms with Gasteiger partial charge < -0.3 is 28.1 Å². The molecule has 33 heavy (non-hydrogen) atoms. The maximum Gasteiger partial charge on any atom is 0.289 e. The predicted molar refractivity (Wildman–Crippen MR) is 124 cm³/mol. The van der Waals surface area contributed by atoms with Gasteiger partial charge in [-0.05, 0) is 49.4 Å². The van der Waals surface area contributed by atoms with Crippen LogP contribution in [0.5, 0.6) is 0 Å². The molecule has 4 heterocycles. The highest BCUT2D eigenvalue weighted by Crippen LogP contribution is 2.17. The molecule has 1 fully saturated rings. The summed E-state index contributed by atoms with van der Waals surface area (Å²) in [4.78, 5) is 31.6. The van der Waals surface area contributed by atoms with Crippen LogP contribution >= 0.6 is 0 Å². The quantitative estimate of drug-likeness (QED) is 0.496. The smallest absolute Gasteiger partial charge is 0.289 e. The number of rotatable bonds is 9. The summed E-state index contributed by atoms with van der Waals surface area (Å²) in [5.41, 5.74) is 0.989. The highest BCUT2D eigenvalue weighted by atomic mass is 16.4. The Hall–Kier alpha value is -3.26. The summed E-state index contributed by atoms with van der Waals surface area (Å²) in [6.45, 7) is 10.0. The number of amides is 2. The van der Waals surface area contributed by atoms with Crippen LogP contribution in [0.1, 0.15) is 52.8 Å². The van der Waals surface area contributed by atoms with Crippen molar-refractivity contribution in [3.05, 3.63) is 71.8 Å². The molecule has 4 rings (SSSR count). The van der Waals surface area contributed by atoms with E-state index in [1.165, 1.54) is 6.26 Å². The van der Waals surface area contributed by atoms with Crippen molar-refractivity contribution >= 4 is 11.8 Å². The molecule has 0 radical (unpaired) electrons. The standard InChI is InChI=1S/C25H32N4O4/c1-3-11-29(24(30)22-8-6-17-32-22)18-20-7-5-12-28(20)19-21-9-10-23(33-21)25(31)27-15-13-26(4-2)14-16-27/h5-10,12,17H,3-4,11,13-16,18-19H2,1-2H3. The summed E-state index contributed by atoms with van der Waals surface area (Å²) < 4.78 is 13.3. The molecule has 2 amide bonds. The third-order valence-electron chi connectivity index (χ3n) is 6.09. The van der Waals surface area contributed by atoms with Crippen molar-refractivity contribution in [1.82, 2.24) is 19.3 Å². The number of aromatic nitrogens is 1. The molecule has 0 spiro atoms. The van der Waals surface area contributed by atoms with Crippen molar-refractivity contribution < 1.29 is 18.4 Å². The molecule has 8 heteroatoms. The monoisotopic (exact) mass is 452 g/mol. The van der Waals surface area contributed by atoms with E-state index in [4.69, 9.17) is 8.83 Å². The third kappa shape index (κ3) is 5.39. The van der Waals surface area contributed by atoms with Crippen molar-refractivity contribution in [3.8, 4) is 0 Å². The zero-order chi connectivity index (χ0) is 23.2. The molecule has 1 aliphatic heterocycles. The maximum atomic E-state index is 12.8. The molecule has 176 valence electrons. The molecule has 0 atom stereocenters. The molecule has 0 N–H and O–H groups in total. The molecule has 0 unspecified atom stereocenters. The Labute approximate surface area is 194 Å². The fourth-order valence-electron chi connectivity index (χ4n) is 4.19. The van der Waals surface area contributed by atoms with E-state index >= 15 is 0 Å². The van der Waals surface area contributed by atoms with Crippen LogP contribution in [0, 0.1) is 0 Å². The minimum Gasteiger partial charge on any atom is -0.459 e. The lowest BCUT2D eigenvalue weighted by molar-refractivity contribution is 0.0609. The normalized spacial score (nSPS) is 14.5. The van der Waals surface area contributed by atoms with Crippen LogP contribution in [-0.4, -0.2) is 70.3 Å². The highest BCUT2D eigenvalue weighted by molar-refractivity contribution is 5.92. The van der Waals surface area contributed by atoms with Crippen LogP contribution in [0.4, 0.5) is 0 Å². The molecule has 0 aliphatic carbocycles. The summed E-state index contributed by atoms with van der Waals surface area (Å²) >= 11 is 0. The van der Waals surface area contributed by atoms with Gasteiger partial charge in [-0.3, -0.25) is 9.59 Å². The van der Waals surface area contributed by atoms with Gasteiger partial charge in [0.15, 0.2) is 11.5 Å². The fourth-order valence-corrected chi connectivity index (χ4v) is 4.19. The highest BCUT2D eigenvalue weighted by Gasteiger charge is 2.24. The molecule has 1 aliphatic rings. The first-order valence-corrected chi connectivity index (χ1v) is 11.7. The van der Waals surface area contributed by atoms with E-state index in [1.807, 2.05) is 40.8 Å². The van der Waals surface area contributed by atoms with Gasteiger partial charge in [0.1, 0.15) is 5.76 Å². The first kappa shape index (κ1) is 22.9. The zero-order valence-corrected chi connectivity index (χ0v) is 19.4. The largest absolute Gasteiger partial charge is 0.459 e. The zero-order valence-electron chi connectivity index (χ0n) is 19.4. The van der Waals surface area contributed by atoms with Gasteiger partial charge in [-0.15, -0.1) is 0 Å². The van der Waals surface area contributed by atoms with Crippen molar-refractivity contribution in [2.24, 2.45) is 0 Å². The van der Waals surface area contributed by atoms with Crippen molar-refractivity contribution in [3.63, 3.8) is 0 Å². The molecular formula is C25H32N4O4. The van der Waals surface area contributed by atoms with E-state index in [9.17, 15) is 9.59 Å². The second kappa shape index (κ2) is 10.6. The number of nitrogens with zero attached hydrogens (tertiary/aromatic N) is 4. The van der Waals surface area contributed by atoms with E-state index in [0.29, 0.717) is 36.9 Å². The van der Waals surface area contributed by atoms with E-state index in [0.717, 1.165) is 44.8 Å². The summed E-state index contributed by atoms with van der Waals surface area (Å²) in [5, 5.41) is 0. The van der Waals surface area contributed by atoms with Gasteiger partial charge >= 0.3 is 0 Å². The van der Waals surface area contributed by atoms with Crippen LogP contribution in [0.2, 0.25) is 0 Å². The van der Waals surface area contributed by atoms with Crippen molar-refractivity contribution in [2.45, 2.75) is 33.4 Å². The van der Waals surface area contributed by atoms with Crippen LogP contribution < -0.4 is 0 Å². The summed E-state index contributed by atoms with van der Waals surface area (Å²) in [6, 6.07) is 11.0. The number of carbonyl (C=O) groups is 2. The minimum absolute atomic E-state index is 0.0529. The second-order valence-corrected chi connectivity index (χ2v) is 8.32. The second-order valence-electron chi connectivity index (χ2n) is 8.32. The Morgan fingerprint density at radius 2 is 1.82 bits per heavy atom. The van der Waals surface area contributed by atoms with Gasteiger partial charge in [0.2, 0.25) is 0 Å². The molecule has 3 aromatic rings. The lowest BCUT2D eigenvalue weighted by atomic mass is 10.3. The van der Waals surface area contributed by atoms with E-state index < -0.39 is 0 Å². The van der Waals surface area contributed by atoms with Gasteiger partial charge in [-0.1, -0.05) is 13.8 Å². The summed E-state index contributed by atoms with van der Waals surface area (Å²) in [6.07, 6.45) is 4.33. The van der Waals surface area contributed by atoms with Gasteiger partial charge in [0.05, 0.1) is 19.4 Å². The molecule has 8 nitrogen and oxygen atoms in total. The molecule has 0 saturated carbocycles. The van der Waals surface area contributed by atoms with Crippen LogP contribution in [0.3, 0.4) is 0 Å². The first-order chi connectivity index (χ1) is 16.1. The number of furan rings is 2. The van der Waals surface area contributed by atoms with Crippen molar-refractivity contribution in [2.75, 3.05) is 39.3 Å². The Morgan fingerprint density at radius 1 is 1.00 bits per heavy atom. The Morgan fingerprint density at radius 3 is 2.52 bits per heavy atom. The van der Waals surface area contributed by atoms with Crippen LogP contribution in [0.25, 0.3) is 0 Å². The van der Waals surface area contributed by atoms with Gasteiger partial charge in [0, 0.05) is 44.6 Å². The van der Waals surface area contributed by atoms with E-state index in [1.54, 1.807) is 23.1 Å². The fraction of sp³-hybridized carbons (Fsp3) is 0.440. The Kier molecular flexibility index (Phi) is 7.34. The summed E-state index contributed by atoms with van der Waals surface area (Å²) in [5.74, 6) is 1.26. The molecule has 0 aromatic carbocycles. The predicted octanol–water partition coefficient (Wildman–Crippen LogP) is 3.55. The number of likely N-dealkylation sites (N-methyl/N-ethyl adjacent to an activating group) is 1. The van der Waals surface area contributed by atoms with Gasteiger partial charge in [-0.25, -0.2) is 0 Å². The van der Waals surface area contributed by atoms with Gasteiger partial charge in [0.25, 0.3) is 11.8 Å². The van der Waals surface area contributed by atoms with Crippen molar-refractivity contribution in [1.29, 1.82) is 0 Å².